The molecule has 2 heterocycles. The molecule has 0 bridgehead atoms. The van der Waals surface area contributed by atoms with E-state index in [2.05, 4.69) is 10.2 Å². The van der Waals surface area contributed by atoms with Crippen LogP contribution in [0.5, 0.6) is 5.75 Å². The third-order valence-corrected chi connectivity index (χ3v) is 6.82. The van der Waals surface area contributed by atoms with Crippen LogP contribution < -0.4 is 10.2 Å². The van der Waals surface area contributed by atoms with Crippen molar-refractivity contribution in [1.82, 2.24) is 4.90 Å². The number of nitrogens with zero attached hydrogens (tertiary/aromatic N) is 3. The number of anilines is 2. The third-order valence-electron chi connectivity index (χ3n) is 6.82. The molecular weight excluding hydrogens is 492 g/mol. The van der Waals surface area contributed by atoms with Gasteiger partial charge in [0.1, 0.15) is 17.4 Å². The first-order valence-electron chi connectivity index (χ1n) is 13.3. The van der Waals surface area contributed by atoms with Gasteiger partial charge in [-0.05, 0) is 44.5 Å². The van der Waals surface area contributed by atoms with Gasteiger partial charge in [0.05, 0.1) is 17.1 Å². The van der Waals surface area contributed by atoms with E-state index < -0.39 is 11.6 Å². The van der Waals surface area contributed by atoms with Gasteiger partial charge >= 0.3 is 6.09 Å². The first-order chi connectivity index (χ1) is 18.7. The number of rotatable bonds is 4. The Balaban J connectivity index is 1.45. The molecule has 5 rings (SSSR count). The van der Waals surface area contributed by atoms with E-state index in [1.54, 1.807) is 17.0 Å². The second kappa shape index (κ2) is 10.8. The minimum absolute atomic E-state index is 0.182. The largest absolute Gasteiger partial charge is 0.508 e. The summed E-state index contributed by atoms with van der Waals surface area (Å²) in [6.45, 7) is 7.86. The lowest BCUT2D eigenvalue weighted by molar-refractivity contribution is -0.117. The number of benzene rings is 3. The highest BCUT2D eigenvalue weighted by Crippen LogP contribution is 2.35. The first-order valence-corrected chi connectivity index (χ1v) is 13.3. The van der Waals surface area contributed by atoms with Crippen molar-refractivity contribution in [2.24, 2.45) is 4.99 Å². The molecule has 8 heteroatoms. The van der Waals surface area contributed by atoms with Crippen LogP contribution in [0.2, 0.25) is 0 Å². The Morgan fingerprint density at radius 2 is 1.67 bits per heavy atom. The van der Waals surface area contributed by atoms with Crippen molar-refractivity contribution >= 4 is 29.1 Å². The number of carbonyl (C=O) groups is 2. The lowest BCUT2D eigenvalue weighted by Crippen LogP contribution is -2.50. The normalized spacial score (nSPS) is 17.6. The predicted octanol–water partition coefficient (Wildman–Crippen LogP) is 4.85. The van der Waals surface area contributed by atoms with E-state index in [1.165, 1.54) is 0 Å². The summed E-state index contributed by atoms with van der Waals surface area (Å²) >= 11 is 0. The van der Waals surface area contributed by atoms with Gasteiger partial charge in [0.2, 0.25) is 5.91 Å². The standard InChI is InChI=1S/C31H34N4O4/c1-31(2,3)39-30(38)35-18-16-34(17-19-35)26-11-7-10-24-27(22-8-5-4-6-9-22)32-25(29(37)33-28(24)26)20-21-12-14-23(36)15-13-21/h4-15,25,36H,16-20H2,1-3H3,(H,33,37)/t25-/m1/s1. The highest BCUT2D eigenvalue weighted by Gasteiger charge is 2.31. The topological polar surface area (TPSA) is 94.5 Å². The molecule has 0 unspecified atom stereocenters. The number of fused-ring (bicyclic) bond motifs is 1. The number of ether oxygens (including phenoxy) is 1. The van der Waals surface area contributed by atoms with E-state index in [0.29, 0.717) is 32.6 Å². The molecule has 0 saturated carbocycles. The van der Waals surface area contributed by atoms with Gasteiger partial charge < -0.3 is 25.0 Å². The summed E-state index contributed by atoms with van der Waals surface area (Å²) in [6.07, 6.45) is 0.0956. The molecule has 2 aliphatic rings. The van der Waals surface area contributed by atoms with Crippen LogP contribution in [0.1, 0.15) is 37.5 Å². The van der Waals surface area contributed by atoms with E-state index in [1.807, 2.05) is 81.4 Å². The van der Waals surface area contributed by atoms with Crippen molar-refractivity contribution in [2.75, 3.05) is 36.4 Å². The molecule has 1 fully saturated rings. The summed E-state index contributed by atoms with van der Waals surface area (Å²) in [5.74, 6) is -0.00328. The van der Waals surface area contributed by atoms with Gasteiger partial charge in [-0.15, -0.1) is 0 Å². The third kappa shape index (κ3) is 6.06. The van der Waals surface area contributed by atoms with Crippen LogP contribution in [0.3, 0.4) is 0 Å². The van der Waals surface area contributed by atoms with E-state index >= 15 is 0 Å². The van der Waals surface area contributed by atoms with Gasteiger partial charge in [0, 0.05) is 43.7 Å². The summed E-state index contributed by atoms with van der Waals surface area (Å²) in [5, 5.41) is 12.9. The lowest BCUT2D eigenvalue weighted by Gasteiger charge is -2.37. The molecule has 8 nitrogen and oxygen atoms in total. The van der Waals surface area contributed by atoms with Crippen LogP contribution in [0.4, 0.5) is 16.2 Å². The molecule has 0 aromatic heterocycles. The molecule has 39 heavy (non-hydrogen) atoms. The average Bonchev–Trinajstić information content (AvgIpc) is 3.05. The number of aliphatic imine (C=N–C) groups is 1. The van der Waals surface area contributed by atoms with Gasteiger partial charge in [0.15, 0.2) is 0 Å². The SMILES string of the molecule is CC(C)(C)OC(=O)N1CCN(c2cccc3c2NC(=O)[C@@H](Cc2ccc(O)cc2)N=C3c2ccccc2)CC1. The van der Waals surface area contributed by atoms with Crippen molar-refractivity contribution < 1.29 is 19.4 Å². The Morgan fingerprint density at radius 1 is 0.974 bits per heavy atom. The highest BCUT2D eigenvalue weighted by molar-refractivity contribution is 6.21. The lowest BCUT2D eigenvalue weighted by atomic mass is 9.99. The quantitative estimate of drug-likeness (QED) is 0.507. The van der Waals surface area contributed by atoms with E-state index in [4.69, 9.17) is 9.73 Å². The van der Waals surface area contributed by atoms with E-state index in [-0.39, 0.29) is 17.7 Å². The first kappa shape index (κ1) is 26.3. The number of piperazine rings is 1. The number of hydrogen-bond acceptors (Lipinski definition) is 6. The van der Waals surface area contributed by atoms with Gasteiger partial charge in [-0.1, -0.05) is 54.6 Å². The van der Waals surface area contributed by atoms with Crippen LogP contribution in [-0.4, -0.2) is 65.5 Å². The number of amides is 2. The van der Waals surface area contributed by atoms with Crippen LogP contribution in [0.25, 0.3) is 0 Å². The van der Waals surface area contributed by atoms with Crippen molar-refractivity contribution in [3.63, 3.8) is 0 Å². The zero-order valence-corrected chi connectivity index (χ0v) is 22.6. The van der Waals surface area contributed by atoms with Gasteiger partial charge in [0.25, 0.3) is 0 Å². The number of phenolic OH excluding ortho intramolecular Hbond substituents is 1. The number of hydrogen-bond donors (Lipinski definition) is 2. The Labute approximate surface area is 228 Å². The summed E-state index contributed by atoms with van der Waals surface area (Å²) in [6, 6.07) is 22.1. The average molecular weight is 527 g/mol. The fourth-order valence-electron chi connectivity index (χ4n) is 4.90. The minimum Gasteiger partial charge on any atom is -0.508 e. The summed E-state index contributed by atoms with van der Waals surface area (Å²) < 4.78 is 5.55. The second-order valence-electron chi connectivity index (χ2n) is 10.9. The maximum absolute atomic E-state index is 13.6. The predicted molar refractivity (Wildman–Crippen MR) is 153 cm³/mol. The fraction of sp³-hybridized carbons (Fsp3) is 0.323. The molecule has 2 N–H and O–H groups in total. The van der Waals surface area contributed by atoms with Crippen molar-refractivity contribution in [2.45, 2.75) is 38.8 Å². The number of nitrogens with one attached hydrogen (secondary N) is 1. The zero-order valence-electron chi connectivity index (χ0n) is 22.6. The van der Waals surface area contributed by atoms with E-state index in [9.17, 15) is 14.7 Å². The number of carbonyl (C=O) groups excluding carboxylic acids is 2. The van der Waals surface area contributed by atoms with Crippen molar-refractivity contribution in [3.05, 3.63) is 89.5 Å². The van der Waals surface area contributed by atoms with Crippen molar-refractivity contribution in [3.8, 4) is 5.75 Å². The molecule has 1 atom stereocenters. The number of para-hydroxylation sites is 1. The molecular formula is C31H34N4O4. The Bertz CT molecular complexity index is 1370. The van der Waals surface area contributed by atoms with Gasteiger partial charge in [-0.25, -0.2) is 4.79 Å². The Hall–Kier alpha value is -4.33. The van der Waals surface area contributed by atoms with Gasteiger partial charge in [-0.3, -0.25) is 9.79 Å². The van der Waals surface area contributed by atoms with Crippen molar-refractivity contribution in [1.29, 1.82) is 0 Å². The summed E-state index contributed by atoms with van der Waals surface area (Å²) in [7, 11) is 0. The second-order valence-corrected chi connectivity index (χ2v) is 10.9. The summed E-state index contributed by atoms with van der Waals surface area (Å²) in [4.78, 5) is 35.1. The molecule has 0 spiro atoms. The summed E-state index contributed by atoms with van der Waals surface area (Å²) in [5.41, 5.74) is 4.53. The monoisotopic (exact) mass is 526 g/mol. The highest BCUT2D eigenvalue weighted by atomic mass is 16.6. The maximum atomic E-state index is 13.6. The van der Waals surface area contributed by atoms with Crippen LogP contribution in [0, 0.1) is 0 Å². The van der Waals surface area contributed by atoms with Crippen LogP contribution in [0.15, 0.2) is 77.8 Å². The van der Waals surface area contributed by atoms with Crippen LogP contribution >= 0.6 is 0 Å². The van der Waals surface area contributed by atoms with Crippen LogP contribution in [-0.2, 0) is 16.0 Å². The number of phenols is 1. The molecule has 0 radical (unpaired) electrons. The van der Waals surface area contributed by atoms with Gasteiger partial charge in [-0.2, -0.15) is 0 Å². The number of benzodiazepines with no additional fused rings is 1. The fourth-order valence-corrected chi connectivity index (χ4v) is 4.90. The molecule has 3 aromatic carbocycles. The molecule has 202 valence electrons. The number of aromatic hydroxyl groups is 1. The smallest absolute Gasteiger partial charge is 0.410 e. The molecule has 0 aliphatic carbocycles. The Kier molecular flexibility index (Phi) is 7.28. The molecule has 2 amide bonds. The molecule has 2 aliphatic heterocycles. The minimum atomic E-state index is -0.644. The molecule has 3 aromatic rings. The Morgan fingerprint density at radius 3 is 2.33 bits per heavy atom. The zero-order chi connectivity index (χ0) is 27.6. The van der Waals surface area contributed by atoms with E-state index in [0.717, 1.165) is 33.8 Å². The maximum Gasteiger partial charge on any atom is 0.410 e. The molecule has 1 saturated heterocycles.